The number of fused-ring (bicyclic) bond motifs is 1. The average molecular weight is 379 g/mol. The largest absolute Gasteiger partial charge is 0.493 e. The molecule has 1 aliphatic heterocycles. The number of carbonyl (C=O) groups excluding carboxylic acids is 1. The summed E-state index contributed by atoms with van der Waals surface area (Å²) in [6.45, 7) is 1.06. The van der Waals surface area contributed by atoms with E-state index in [1.54, 1.807) is 19.1 Å². The summed E-state index contributed by atoms with van der Waals surface area (Å²) < 4.78 is 37.3. The summed E-state index contributed by atoms with van der Waals surface area (Å²) in [4.78, 5) is 14.5. The Morgan fingerprint density at radius 2 is 1.81 bits per heavy atom. The van der Waals surface area contributed by atoms with Crippen LogP contribution >= 0.6 is 11.8 Å². The number of ether oxygens (including phenoxy) is 2. The minimum absolute atomic E-state index is 0.0841. The second kappa shape index (κ2) is 7.95. The molecule has 1 aliphatic rings. The van der Waals surface area contributed by atoms with Crippen molar-refractivity contribution < 1.29 is 23.0 Å². The Morgan fingerprint density at radius 3 is 2.46 bits per heavy atom. The van der Waals surface area contributed by atoms with Crippen molar-refractivity contribution in [3.05, 3.63) is 53.1 Å². The van der Waals surface area contributed by atoms with Crippen LogP contribution in [0.25, 0.3) is 0 Å². The molecule has 2 aromatic carbocycles. The highest BCUT2D eigenvalue weighted by atomic mass is 32.2. The van der Waals surface area contributed by atoms with Gasteiger partial charge in [0.05, 0.1) is 20.0 Å². The lowest BCUT2D eigenvalue weighted by molar-refractivity contribution is -0.129. The van der Waals surface area contributed by atoms with Gasteiger partial charge in [0.1, 0.15) is 11.6 Å². The van der Waals surface area contributed by atoms with E-state index in [4.69, 9.17) is 9.47 Å². The van der Waals surface area contributed by atoms with Crippen LogP contribution in [0.4, 0.5) is 8.78 Å². The van der Waals surface area contributed by atoms with Gasteiger partial charge in [0.2, 0.25) is 5.91 Å². The number of benzene rings is 2. The summed E-state index contributed by atoms with van der Waals surface area (Å²) >= 11 is 1.07. The SMILES string of the molecule is COc1cc2c(cc1OC)CN(C(=O)CSc1ccc(F)cc1F)CC2. The minimum Gasteiger partial charge on any atom is -0.493 e. The van der Waals surface area contributed by atoms with E-state index in [9.17, 15) is 13.6 Å². The van der Waals surface area contributed by atoms with Crippen LogP contribution < -0.4 is 9.47 Å². The molecule has 1 amide bonds. The number of thioether (sulfide) groups is 1. The molecule has 0 saturated carbocycles. The predicted octanol–water partition coefficient (Wildman–Crippen LogP) is 3.66. The number of hydrogen-bond acceptors (Lipinski definition) is 4. The smallest absolute Gasteiger partial charge is 0.233 e. The van der Waals surface area contributed by atoms with Crippen molar-refractivity contribution in [2.45, 2.75) is 17.9 Å². The van der Waals surface area contributed by atoms with Crippen LogP contribution in [0.3, 0.4) is 0 Å². The lowest BCUT2D eigenvalue weighted by atomic mass is 9.99. The van der Waals surface area contributed by atoms with Gasteiger partial charge in [-0.15, -0.1) is 11.8 Å². The van der Waals surface area contributed by atoms with E-state index in [0.717, 1.165) is 35.4 Å². The molecule has 0 aliphatic carbocycles. The highest BCUT2D eigenvalue weighted by Gasteiger charge is 2.23. The molecule has 0 saturated heterocycles. The summed E-state index contributed by atoms with van der Waals surface area (Å²) in [6.07, 6.45) is 0.719. The number of rotatable bonds is 5. The van der Waals surface area contributed by atoms with Crippen LogP contribution in [0.1, 0.15) is 11.1 Å². The number of methoxy groups -OCH3 is 2. The first-order valence-corrected chi connectivity index (χ1v) is 9.09. The topological polar surface area (TPSA) is 38.8 Å². The van der Waals surface area contributed by atoms with Gasteiger partial charge in [-0.05, 0) is 41.8 Å². The fourth-order valence-electron chi connectivity index (χ4n) is 2.92. The van der Waals surface area contributed by atoms with Gasteiger partial charge < -0.3 is 14.4 Å². The van der Waals surface area contributed by atoms with Crippen molar-refractivity contribution >= 4 is 17.7 Å². The van der Waals surface area contributed by atoms with Crippen molar-refractivity contribution in [3.8, 4) is 11.5 Å². The van der Waals surface area contributed by atoms with Crippen molar-refractivity contribution in [2.75, 3.05) is 26.5 Å². The third-order valence-electron chi connectivity index (χ3n) is 4.32. The summed E-state index contributed by atoms with van der Waals surface area (Å²) in [5, 5.41) is 0. The standard InChI is InChI=1S/C19H19F2NO3S/c1-24-16-7-12-5-6-22(10-13(12)8-17(16)25-2)19(23)11-26-18-4-3-14(20)9-15(18)21/h3-4,7-9H,5-6,10-11H2,1-2H3. The quantitative estimate of drug-likeness (QED) is 0.744. The lowest BCUT2D eigenvalue weighted by Crippen LogP contribution is -2.37. The van der Waals surface area contributed by atoms with Gasteiger partial charge >= 0.3 is 0 Å². The molecule has 4 nitrogen and oxygen atoms in total. The zero-order chi connectivity index (χ0) is 18.7. The van der Waals surface area contributed by atoms with E-state index in [2.05, 4.69) is 0 Å². The Hall–Kier alpha value is -2.28. The molecule has 1 heterocycles. The molecule has 7 heteroatoms. The Morgan fingerprint density at radius 1 is 1.12 bits per heavy atom. The summed E-state index contributed by atoms with van der Waals surface area (Å²) in [5.74, 6) is 0.0418. The van der Waals surface area contributed by atoms with Gasteiger partial charge in [-0.25, -0.2) is 8.78 Å². The first-order chi connectivity index (χ1) is 12.5. The second-order valence-corrected chi connectivity index (χ2v) is 6.92. The molecule has 138 valence electrons. The van der Waals surface area contributed by atoms with E-state index in [1.807, 2.05) is 12.1 Å². The van der Waals surface area contributed by atoms with Crippen LogP contribution in [0, 0.1) is 11.6 Å². The van der Waals surface area contributed by atoms with E-state index < -0.39 is 11.6 Å². The molecular formula is C19H19F2NO3S. The number of halogens is 2. The molecule has 0 spiro atoms. The van der Waals surface area contributed by atoms with E-state index >= 15 is 0 Å². The van der Waals surface area contributed by atoms with Gasteiger partial charge in [0, 0.05) is 24.1 Å². The molecule has 3 rings (SSSR count). The van der Waals surface area contributed by atoms with Gasteiger partial charge in [-0.3, -0.25) is 4.79 Å². The molecule has 0 aromatic heterocycles. The molecule has 0 fully saturated rings. The van der Waals surface area contributed by atoms with Gasteiger partial charge in [0.15, 0.2) is 11.5 Å². The molecular weight excluding hydrogens is 360 g/mol. The summed E-state index contributed by atoms with van der Waals surface area (Å²) in [7, 11) is 3.17. The van der Waals surface area contributed by atoms with Crippen LogP contribution in [-0.2, 0) is 17.8 Å². The third kappa shape index (κ3) is 3.93. The van der Waals surface area contributed by atoms with Crippen LogP contribution in [0.5, 0.6) is 11.5 Å². The monoisotopic (exact) mass is 379 g/mol. The molecule has 0 atom stereocenters. The predicted molar refractivity (Wildman–Crippen MR) is 95.7 cm³/mol. The molecule has 0 N–H and O–H groups in total. The van der Waals surface area contributed by atoms with Crippen molar-refractivity contribution in [2.24, 2.45) is 0 Å². The number of carbonyl (C=O) groups is 1. The van der Waals surface area contributed by atoms with Gasteiger partial charge in [-0.2, -0.15) is 0 Å². The average Bonchev–Trinajstić information content (AvgIpc) is 2.65. The van der Waals surface area contributed by atoms with Crippen LogP contribution in [0.15, 0.2) is 35.2 Å². The molecule has 0 radical (unpaired) electrons. The van der Waals surface area contributed by atoms with Crippen molar-refractivity contribution in [3.63, 3.8) is 0 Å². The second-order valence-electron chi connectivity index (χ2n) is 5.90. The first-order valence-electron chi connectivity index (χ1n) is 8.11. The third-order valence-corrected chi connectivity index (χ3v) is 5.35. The lowest BCUT2D eigenvalue weighted by Gasteiger charge is -2.29. The van der Waals surface area contributed by atoms with Crippen LogP contribution in [0.2, 0.25) is 0 Å². The highest BCUT2D eigenvalue weighted by molar-refractivity contribution is 8.00. The number of nitrogens with zero attached hydrogens (tertiary/aromatic N) is 1. The van der Waals surface area contributed by atoms with Gasteiger partial charge in [0.25, 0.3) is 0 Å². The Labute approximate surface area is 155 Å². The van der Waals surface area contributed by atoms with E-state index in [0.29, 0.717) is 24.6 Å². The minimum atomic E-state index is -0.649. The Balaban J connectivity index is 1.67. The molecule has 0 unspecified atom stereocenters. The maximum absolute atomic E-state index is 13.7. The highest BCUT2D eigenvalue weighted by Crippen LogP contribution is 2.33. The van der Waals surface area contributed by atoms with Crippen molar-refractivity contribution in [1.82, 2.24) is 4.90 Å². The zero-order valence-corrected chi connectivity index (χ0v) is 15.4. The van der Waals surface area contributed by atoms with Crippen LogP contribution in [-0.4, -0.2) is 37.3 Å². The normalized spacial score (nSPS) is 13.3. The molecule has 26 heavy (non-hydrogen) atoms. The summed E-state index contributed by atoms with van der Waals surface area (Å²) in [6, 6.07) is 7.20. The fourth-order valence-corrected chi connectivity index (χ4v) is 3.74. The van der Waals surface area contributed by atoms with Crippen molar-refractivity contribution in [1.29, 1.82) is 0 Å². The number of hydrogen-bond donors (Lipinski definition) is 0. The van der Waals surface area contributed by atoms with E-state index in [1.165, 1.54) is 12.1 Å². The number of amides is 1. The maximum atomic E-state index is 13.7. The Bertz CT molecular complexity index is 829. The van der Waals surface area contributed by atoms with E-state index in [-0.39, 0.29) is 16.6 Å². The first kappa shape index (κ1) is 18.5. The maximum Gasteiger partial charge on any atom is 0.233 e. The molecule has 0 bridgehead atoms. The van der Waals surface area contributed by atoms with Gasteiger partial charge in [-0.1, -0.05) is 0 Å². The summed E-state index contributed by atoms with van der Waals surface area (Å²) in [5.41, 5.74) is 2.14. The fraction of sp³-hybridized carbons (Fsp3) is 0.316. The zero-order valence-electron chi connectivity index (χ0n) is 14.6. The Kier molecular flexibility index (Phi) is 5.66. The molecule has 2 aromatic rings.